The molecule has 0 aliphatic heterocycles. The lowest BCUT2D eigenvalue weighted by molar-refractivity contribution is -0.149. The average Bonchev–Trinajstić information content (AvgIpc) is 3.25. The Hall–Kier alpha value is -3.05. The first kappa shape index (κ1) is 27.5. The second-order valence-corrected chi connectivity index (χ2v) is 10.7. The van der Waals surface area contributed by atoms with Crippen molar-refractivity contribution in [3.8, 4) is 5.75 Å². The zero-order valence-corrected chi connectivity index (χ0v) is 22.0. The SMILES string of the molecule is COc1ccccc1COP(=O)(CO[C@H](C)Cn1cnc2c(N)ncnc21)N[C@@H](C)C(=O)OC(C)C. The van der Waals surface area contributed by atoms with Gasteiger partial charge in [0, 0.05) is 5.56 Å². The number of nitrogens with two attached hydrogens (primary N) is 1. The summed E-state index contributed by atoms with van der Waals surface area (Å²) < 4.78 is 37.9. The minimum Gasteiger partial charge on any atom is -0.496 e. The Morgan fingerprint density at radius 2 is 1.92 bits per heavy atom. The zero-order chi connectivity index (χ0) is 26.3. The number of nitrogens with zero attached hydrogens (tertiary/aromatic N) is 4. The van der Waals surface area contributed by atoms with Gasteiger partial charge in [-0.1, -0.05) is 18.2 Å². The molecule has 196 valence electrons. The van der Waals surface area contributed by atoms with Gasteiger partial charge in [-0.3, -0.25) is 9.36 Å². The number of methoxy groups -OCH3 is 1. The fourth-order valence-electron chi connectivity index (χ4n) is 3.38. The summed E-state index contributed by atoms with van der Waals surface area (Å²) in [6.45, 7) is 7.22. The quantitative estimate of drug-likeness (QED) is 0.252. The van der Waals surface area contributed by atoms with Crippen LogP contribution in [0.2, 0.25) is 0 Å². The molecule has 0 radical (unpaired) electrons. The van der Waals surface area contributed by atoms with Crippen molar-refractivity contribution in [3.63, 3.8) is 0 Å². The second-order valence-electron chi connectivity index (χ2n) is 8.53. The Morgan fingerprint density at radius 1 is 1.17 bits per heavy atom. The number of aromatic nitrogens is 4. The van der Waals surface area contributed by atoms with Crippen molar-refractivity contribution in [2.75, 3.05) is 19.2 Å². The summed E-state index contributed by atoms with van der Waals surface area (Å²) >= 11 is 0. The molecule has 0 saturated heterocycles. The normalized spacial score (nSPS) is 14.9. The van der Waals surface area contributed by atoms with Crippen molar-refractivity contribution in [1.29, 1.82) is 0 Å². The van der Waals surface area contributed by atoms with Crippen LogP contribution in [0.25, 0.3) is 11.2 Å². The Labute approximate surface area is 210 Å². The molecule has 1 aromatic carbocycles. The zero-order valence-electron chi connectivity index (χ0n) is 21.1. The van der Waals surface area contributed by atoms with E-state index in [1.807, 2.05) is 19.1 Å². The standard InChI is InChI=1S/C23H33N6O6P/c1-15(2)35-23(30)17(4)28-36(31,34-11-18-8-6-7-9-19(18)32-5)14-33-16(3)10-29-13-27-20-21(24)25-12-26-22(20)29/h6-9,12-13,15-17H,10-11,14H2,1-5H3,(H,28,31)(H2,24,25,26)/t16-,17+,36?/m1/s1. The molecule has 3 atom stereocenters. The third-order valence-corrected chi connectivity index (χ3v) is 6.95. The van der Waals surface area contributed by atoms with Gasteiger partial charge in [0.1, 0.15) is 30.0 Å². The Balaban J connectivity index is 1.71. The Kier molecular flexibility index (Phi) is 9.38. The maximum absolute atomic E-state index is 13.8. The van der Waals surface area contributed by atoms with E-state index in [2.05, 4.69) is 20.0 Å². The molecule has 0 aliphatic carbocycles. The minimum atomic E-state index is -3.67. The average molecular weight is 521 g/mol. The smallest absolute Gasteiger partial charge is 0.323 e. The van der Waals surface area contributed by atoms with Gasteiger partial charge in [0.25, 0.3) is 7.52 Å². The van der Waals surface area contributed by atoms with Crippen molar-refractivity contribution in [2.24, 2.45) is 0 Å². The highest BCUT2D eigenvalue weighted by molar-refractivity contribution is 7.56. The number of hydrogen-bond donors (Lipinski definition) is 2. The number of ether oxygens (including phenoxy) is 3. The molecule has 3 aromatic rings. The summed E-state index contributed by atoms with van der Waals surface area (Å²) in [5.74, 6) is 0.341. The van der Waals surface area contributed by atoms with Gasteiger partial charge in [-0.25, -0.2) is 20.0 Å². The number of hydrogen-bond acceptors (Lipinski definition) is 10. The summed E-state index contributed by atoms with van der Waals surface area (Å²) in [6, 6.07) is 6.36. The third kappa shape index (κ3) is 7.23. The molecule has 36 heavy (non-hydrogen) atoms. The van der Waals surface area contributed by atoms with Crippen LogP contribution >= 0.6 is 7.52 Å². The highest BCUT2D eigenvalue weighted by Crippen LogP contribution is 2.45. The number of anilines is 1. The number of para-hydroxylation sites is 1. The van der Waals surface area contributed by atoms with Crippen LogP contribution in [0.15, 0.2) is 36.9 Å². The largest absolute Gasteiger partial charge is 0.496 e. The Bertz CT molecular complexity index is 1220. The van der Waals surface area contributed by atoms with Crippen LogP contribution in [0.4, 0.5) is 5.82 Å². The van der Waals surface area contributed by atoms with E-state index < -0.39 is 25.6 Å². The van der Waals surface area contributed by atoms with Crippen LogP contribution in [0.5, 0.6) is 5.75 Å². The maximum Gasteiger partial charge on any atom is 0.323 e. The molecular formula is C23H33N6O6P. The van der Waals surface area contributed by atoms with E-state index in [1.165, 1.54) is 6.33 Å². The number of fused-ring (bicyclic) bond motifs is 1. The molecule has 3 N–H and O–H groups in total. The van der Waals surface area contributed by atoms with E-state index in [0.717, 1.165) is 0 Å². The first-order valence-corrected chi connectivity index (χ1v) is 13.3. The van der Waals surface area contributed by atoms with Gasteiger partial charge >= 0.3 is 5.97 Å². The lowest BCUT2D eigenvalue weighted by atomic mass is 10.2. The molecular weight excluding hydrogens is 487 g/mol. The molecule has 3 rings (SSSR count). The van der Waals surface area contributed by atoms with Gasteiger partial charge in [-0.05, 0) is 33.8 Å². The van der Waals surface area contributed by atoms with Crippen LogP contribution in [-0.4, -0.2) is 57.2 Å². The lowest BCUT2D eigenvalue weighted by Crippen LogP contribution is -2.36. The summed E-state index contributed by atoms with van der Waals surface area (Å²) in [5.41, 5.74) is 7.62. The van der Waals surface area contributed by atoms with E-state index in [4.69, 9.17) is 24.5 Å². The van der Waals surface area contributed by atoms with Crippen molar-refractivity contribution >= 4 is 30.5 Å². The third-order valence-electron chi connectivity index (χ3n) is 5.13. The summed E-state index contributed by atoms with van der Waals surface area (Å²) in [5, 5.41) is 2.79. The fraction of sp³-hybridized carbons (Fsp3) is 0.478. The van der Waals surface area contributed by atoms with Crippen LogP contribution in [0.1, 0.15) is 33.3 Å². The van der Waals surface area contributed by atoms with Crippen LogP contribution in [-0.2, 0) is 36.5 Å². The first-order valence-electron chi connectivity index (χ1n) is 11.5. The predicted octanol–water partition coefficient (Wildman–Crippen LogP) is 3.12. The number of nitrogen functional groups attached to an aromatic ring is 1. The highest BCUT2D eigenvalue weighted by atomic mass is 31.2. The molecule has 0 saturated carbocycles. The monoisotopic (exact) mass is 520 g/mol. The summed E-state index contributed by atoms with van der Waals surface area (Å²) in [4.78, 5) is 24.8. The fourth-order valence-corrected chi connectivity index (χ4v) is 5.09. The molecule has 13 heteroatoms. The molecule has 2 aromatic heterocycles. The van der Waals surface area contributed by atoms with Crippen molar-refractivity contribution < 1.29 is 28.1 Å². The van der Waals surface area contributed by atoms with Gasteiger partial charge in [-0.2, -0.15) is 0 Å². The molecule has 1 unspecified atom stereocenters. The van der Waals surface area contributed by atoms with Crippen molar-refractivity contribution in [1.82, 2.24) is 24.6 Å². The number of carbonyl (C=O) groups is 1. The van der Waals surface area contributed by atoms with Gasteiger partial charge in [0.05, 0.1) is 38.8 Å². The van der Waals surface area contributed by atoms with Gasteiger partial charge in [-0.15, -0.1) is 0 Å². The molecule has 0 fully saturated rings. The molecule has 0 aliphatic rings. The summed E-state index contributed by atoms with van der Waals surface area (Å²) in [6.07, 6.45) is 1.96. The highest BCUT2D eigenvalue weighted by Gasteiger charge is 2.31. The molecule has 0 bridgehead atoms. The van der Waals surface area contributed by atoms with Crippen molar-refractivity contribution in [3.05, 3.63) is 42.5 Å². The van der Waals surface area contributed by atoms with E-state index >= 15 is 0 Å². The molecule has 12 nitrogen and oxygen atoms in total. The lowest BCUT2D eigenvalue weighted by Gasteiger charge is -2.25. The number of nitrogens with one attached hydrogen (secondary N) is 1. The molecule has 0 amide bonds. The summed E-state index contributed by atoms with van der Waals surface area (Å²) in [7, 11) is -2.12. The van der Waals surface area contributed by atoms with E-state index in [-0.39, 0.29) is 24.9 Å². The second kappa shape index (κ2) is 12.3. The number of rotatable bonds is 13. The topological polar surface area (TPSA) is 153 Å². The van der Waals surface area contributed by atoms with Crippen LogP contribution in [0, 0.1) is 0 Å². The number of benzene rings is 1. The van der Waals surface area contributed by atoms with Gasteiger partial charge in [0.15, 0.2) is 11.5 Å². The first-order chi connectivity index (χ1) is 17.1. The van der Waals surface area contributed by atoms with Crippen LogP contribution < -0.4 is 15.6 Å². The number of esters is 1. The van der Waals surface area contributed by atoms with E-state index in [1.54, 1.807) is 50.9 Å². The van der Waals surface area contributed by atoms with Crippen molar-refractivity contribution in [2.45, 2.75) is 59.1 Å². The Morgan fingerprint density at radius 3 is 2.64 bits per heavy atom. The van der Waals surface area contributed by atoms with Crippen LogP contribution in [0.3, 0.4) is 0 Å². The molecule has 2 heterocycles. The van der Waals surface area contributed by atoms with Gasteiger partial charge < -0.3 is 29.0 Å². The van der Waals surface area contributed by atoms with Gasteiger partial charge in [0.2, 0.25) is 0 Å². The maximum atomic E-state index is 13.8. The number of imidazole rings is 1. The minimum absolute atomic E-state index is 0.0136. The van der Waals surface area contributed by atoms with E-state index in [9.17, 15) is 9.36 Å². The number of carbonyl (C=O) groups excluding carboxylic acids is 1. The van der Waals surface area contributed by atoms with E-state index in [0.29, 0.717) is 29.0 Å². The molecule has 0 spiro atoms. The predicted molar refractivity (Wildman–Crippen MR) is 134 cm³/mol.